The molecule has 0 amide bonds. The lowest BCUT2D eigenvalue weighted by atomic mass is 10.1. The zero-order valence-electron chi connectivity index (χ0n) is 15.0. The molecule has 0 bridgehead atoms. The van der Waals surface area contributed by atoms with Crippen LogP contribution in [-0.2, 0) is 0 Å². The third-order valence-electron chi connectivity index (χ3n) is 4.47. The minimum absolute atomic E-state index is 0.719. The average molecular weight is 331 g/mol. The van der Waals surface area contributed by atoms with Crippen molar-refractivity contribution in [3.05, 3.63) is 78.3 Å². The quantitative estimate of drug-likeness (QED) is 0.609. The Balaban J connectivity index is 1.81. The van der Waals surface area contributed by atoms with Gasteiger partial charge in [-0.2, -0.15) is 0 Å². The van der Waals surface area contributed by atoms with Crippen LogP contribution in [0.1, 0.15) is 50.3 Å². The smallest absolute Gasteiger partial charge is 0.0810 e. The summed E-state index contributed by atoms with van der Waals surface area (Å²) in [5.74, 6) is 0.719. The number of nitrogens with one attached hydrogen (secondary N) is 1. The van der Waals surface area contributed by atoms with Crippen LogP contribution in [0.4, 0.5) is 5.69 Å². The highest BCUT2D eigenvalue weighted by atomic mass is 14.8. The SMILES string of the molecule is C=CC(=NC=C(CC)C(C)=Nc1c[nH]c(C2CC2)c1)c1ccccc1. The molecule has 0 saturated heterocycles. The molecule has 3 nitrogen and oxygen atoms in total. The molecule has 1 aromatic carbocycles. The first-order valence-corrected chi connectivity index (χ1v) is 8.90. The molecule has 1 N–H and O–H groups in total. The minimum atomic E-state index is 0.719. The average Bonchev–Trinajstić information content (AvgIpc) is 3.39. The lowest BCUT2D eigenvalue weighted by Crippen LogP contribution is -1.98. The van der Waals surface area contributed by atoms with Crippen molar-refractivity contribution in [2.75, 3.05) is 0 Å². The van der Waals surface area contributed by atoms with Gasteiger partial charge in [0, 0.05) is 29.4 Å². The largest absolute Gasteiger partial charge is 0.363 e. The Morgan fingerprint density at radius 3 is 2.68 bits per heavy atom. The Morgan fingerprint density at radius 2 is 2.04 bits per heavy atom. The van der Waals surface area contributed by atoms with Crippen LogP contribution in [0.15, 0.2) is 77.0 Å². The van der Waals surface area contributed by atoms with Gasteiger partial charge in [0.2, 0.25) is 0 Å². The first-order valence-electron chi connectivity index (χ1n) is 8.90. The predicted molar refractivity (Wildman–Crippen MR) is 107 cm³/mol. The second-order valence-corrected chi connectivity index (χ2v) is 6.38. The maximum Gasteiger partial charge on any atom is 0.0810 e. The van der Waals surface area contributed by atoms with Crippen LogP contribution < -0.4 is 0 Å². The maximum absolute atomic E-state index is 4.76. The highest BCUT2D eigenvalue weighted by molar-refractivity contribution is 6.09. The van der Waals surface area contributed by atoms with E-state index >= 15 is 0 Å². The number of rotatable bonds is 7. The molecule has 0 aliphatic heterocycles. The summed E-state index contributed by atoms with van der Waals surface area (Å²) >= 11 is 0. The molecule has 0 spiro atoms. The highest BCUT2D eigenvalue weighted by Crippen LogP contribution is 2.40. The fourth-order valence-corrected chi connectivity index (χ4v) is 2.80. The van der Waals surface area contributed by atoms with Crippen LogP contribution in [-0.4, -0.2) is 16.4 Å². The van der Waals surface area contributed by atoms with E-state index in [1.165, 1.54) is 18.5 Å². The van der Waals surface area contributed by atoms with Gasteiger partial charge >= 0.3 is 0 Å². The van der Waals surface area contributed by atoms with E-state index in [0.29, 0.717) is 0 Å². The molecule has 1 aliphatic rings. The predicted octanol–water partition coefficient (Wildman–Crippen LogP) is 5.95. The van der Waals surface area contributed by atoms with E-state index in [9.17, 15) is 0 Å². The Labute approximate surface area is 149 Å². The first-order chi connectivity index (χ1) is 12.2. The normalized spacial score (nSPS) is 16.2. The lowest BCUT2D eigenvalue weighted by molar-refractivity contribution is 1.05. The molecular formula is C22H25N3. The van der Waals surface area contributed by atoms with Crippen molar-refractivity contribution in [2.45, 2.75) is 39.0 Å². The number of H-pyrrole nitrogens is 1. The number of hydrogen-bond acceptors (Lipinski definition) is 2. The molecule has 128 valence electrons. The number of aromatic nitrogens is 1. The van der Waals surface area contributed by atoms with Crippen LogP contribution in [0.25, 0.3) is 0 Å². The Morgan fingerprint density at radius 1 is 1.28 bits per heavy atom. The molecule has 1 aromatic heterocycles. The molecule has 1 heterocycles. The van der Waals surface area contributed by atoms with Gasteiger partial charge in [0.05, 0.1) is 11.4 Å². The number of allylic oxidation sites excluding steroid dienone is 2. The Kier molecular flexibility index (Phi) is 5.44. The summed E-state index contributed by atoms with van der Waals surface area (Å²) in [6.07, 6.45) is 9.17. The molecule has 1 aliphatic carbocycles. The second kappa shape index (κ2) is 7.93. The van der Waals surface area contributed by atoms with E-state index in [4.69, 9.17) is 4.99 Å². The molecular weight excluding hydrogens is 306 g/mol. The number of nitrogens with zero attached hydrogens (tertiary/aromatic N) is 2. The fraction of sp³-hybridized carbons (Fsp3) is 0.273. The number of aliphatic imine (C=N–C) groups is 2. The summed E-state index contributed by atoms with van der Waals surface area (Å²) in [4.78, 5) is 12.7. The zero-order valence-corrected chi connectivity index (χ0v) is 15.0. The van der Waals surface area contributed by atoms with Gasteiger partial charge in [-0.3, -0.25) is 9.98 Å². The highest BCUT2D eigenvalue weighted by Gasteiger charge is 2.24. The van der Waals surface area contributed by atoms with Gasteiger partial charge in [-0.1, -0.05) is 43.8 Å². The van der Waals surface area contributed by atoms with Crippen molar-refractivity contribution in [3.8, 4) is 0 Å². The summed E-state index contributed by atoms with van der Waals surface area (Å²) in [5.41, 5.74) is 6.38. The van der Waals surface area contributed by atoms with Crippen molar-refractivity contribution in [3.63, 3.8) is 0 Å². The minimum Gasteiger partial charge on any atom is -0.363 e. The molecule has 0 unspecified atom stereocenters. The summed E-state index contributed by atoms with van der Waals surface area (Å²) in [6.45, 7) is 8.06. The van der Waals surface area contributed by atoms with Crippen LogP contribution in [0.5, 0.6) is 0 Å². The van der Waals surface area contributed by atoms with E-state index in [1.54, 1.807) is 6.08 Å². The summed E-state index contributed by atoms with van der Waals surface area (Å²) in [6, 6.07) is 12.3. The zero-order chi connectivity index (χ0) is 17.6. The fourth-order valence-electron chi connectivity index (χ4n) is 2.80. The summed E-state index contributed by atoms with van der Waals surface area (Å²) in [7, 11) is 0. The van der Waals surface area contributed by atoms with E-state index in [2.05, 4.69) is 29.5 Å². The summed E-state index contributed by atoms with van der Waals surface area (Å²) < 4.78 is 0. The van der Waals surface area contributed by atoms with E-state index in [1.807, 2.05) is 49.7 Å². The van der Waals surface area contributed by atoms with E-state index in [0.717, 1.165) is 40.6 Å². The lowest BCUT2D eigenvalue weighted by Gasteiger charge is -2.04. The van der Waals surface area contributed by atoms with E-state index in [-0.39, 0.29) is 0 Å². The third kappa shape index (κ3) is 4.44. The molecule has 1 fully saturated rings. The van der Waals surface area contributed by atoms with Crippen LogP contribution in [0.3, 0.4) is 0 Å². The summed E-state index contributed by atoms with van der Waals surface area (Å²) in [5, 5.41) is 0. The molecule has 25 heavy (non-hydrogen) atoms. The Bertz CT molecular complexity index is 818. The van der Waals surface area contributed by atoms with Crippen molar-refractivity contribution in [1.29, 1.82) is 0 Å². The van der Waals surface area contributed by atoms with Gasteiger partial charge in [0.25, 0.3) is 0 Å². The van der Waals surface area contributed by atoms with Gasteiger partial charge < -0.3 is 4.98 Å². The van der Waals surface area contributed by atoms with Gasteiger partial charge in [-0.15, -0.1) is 0 Å². The third-order valence-corrected chi connectivity index (χ3v) is 4.47. The molecule has 1 saturated carbocycles. The van der Waals surface area contributed by atoms with Gasteiger partial charge in [-0.25, -0.2) is 0 Å². The topological polar surface area (TPSA) is 40.5 Å². The standard InChI is InChI=1S/C22H25N3/c1-4-17(14-23-21(5-2)18-9-7-6-8-10-18)16(3)25-20-13-22(24-15-20)19-11-12-19/h5-10,13-15,19,24H,2,4,11-12H2,1,3H3. The van der Waals surface area contributed by atoms with Crippen molar-refractivity contribution in [2.24, 2.45) is 9.98 Å². The number of aromatic amines is 1. The van der Waals surface area contributed by atoms with Crippen LogP contribution >= 0.6 is 0 Å². The van der Waals surface area contributed by atoms with E-state index < -0.39 is 0 Å². The molecule has 3 rings (SSSR count). The van der Waals surface area contributed by atoms with Crippen LogP contribution in [0.2, 0.25) is 0 Å². The second-order valence-electron chi connectivity index (χ2n) is 6.38. The number of hydrogen-bond donors (Lipinski definition) is 1. The molecule has 3 heteroatoms. The molecule has 0 radical (unpaired) electrons. The van der Waals surface area contributed by atoms with Crippen molar-refractivity contribution < 1.29 is 0 Å². The molecule has 0 atom stereocenters. The molecule has 2 aromatic rings. The van der Waals surface area contributed by atoms with Gasteiger partial charge in [0.1, 0.15) is 0 Å². The van der Waals surface area contributed by atoms with Gasteiger partial charge in [-0.05, 0) is 49.8 Å². The Hall–Kier alpha value is -2.68. The maximum atomic E-state index is 4.76. The van der Waals surface area contributed by atoms with Gasteiger partial charge in [0.15, 0.2) is 0 Å². The monoisotopic (exact) mass is 331 g/mol. The van der Waals surface area contributed by atoms with Crippen molar-refractivity contribution >= 4 is 17.1 Å². The van der Waals surface area contributed by atoms with Crippen LogP contribution in [0, 0.1) is 0 Å². The van der Waals surface area contributed by atoms with Crippen molar-refractivity contribution in [1.82, 2.24) is 4.98 Å². The number of benzene rings is 1. The first kappa shape index (κ1) is 17.2.